The monoisotopic (exact) mass is 228 g/mol. The molecule has 6 heteroatoms. The zero-order chi connectivity index (χ0) is 11.3. The van der Waals surface area contributed by atoms with E-state index in [4.69, 9.17) is 23.1 Å². The molecule has 0 saturated carbocycles. The maximum atomic E-state index is 10.4. The highest BCUT2D eigenvalue weighted by Gasteiger charge is 1.99. The van der Waals surface area contributed by atoms with E-state index in [0.29, 0.717) is 23.8 Å². The lowest BCUT2D eigenvalue weighted by atomic mass is 10.2. The Morgan fingerprint density at radius 3 is 2.80 bits per heavy atom. The summed E-state index contributed by atoms with van der Waals surface area (Å²) in [6.45, 7) is 0.967. The summed E-state index contributed by atoms with van der Waals surface area (Å²) in [4.78, 5) is 10.4. The molecule has 1 aromatic carbocycles. The minimum Gasteiger partial charge on any atom is -0.397 e. The van der Waals surface area contributed by atoms with Gasteiger partial charge in [-0.25, -0.2) is 4.79 Å². The third-order valence-corrected chi connectivity index (χ3v) is 1.99. The third kappa shape index (κ3) is 3.95. The van der Waals surface area contributed by atoms with Gasteiger partial charge in [-0.2, -0.15) is 0 Å². The third-order valence-electron chi connectivity index (χ3n) is 1.76. The van der Waals surface area contributed by atoms with Crippen LogP contribution in [0, 0.1) is 0 Å². The maximum Gasteiger partial charge on any atom is 0.312 e. The second kappa shape index (κ2) is 5.31. The van der Waals surface area contributed by atoms with Gasteiger partial charge in [0, 0.05) is 18.1 Å². The van der Waals surface area contributed by atoms with Crippen LogP contribution in [0.25, 0.3) is 0 Å². The fraction of sp³-hybridized carbons (Fsp3) is 0.222. The quantitative estimate of drug-likeness (QED) is 0.458. The molecule has 0 spiro atoms. The van der Waals surface area contributed by atoms with Gasteiger partial charge in [-0.05, 0) is 18.2 Å². The first kappa shape index (κ1) is 11.5. The van der Waals surface area contributed by atoms with Crippen LogP contribution in [0.15, 0.2) is 18.2 Å². The van der Waals surface area contributed by atoms with E-state index in [1.54, 1.807) is 18.2 Å². The molecule has 0 aliphatic carbocycles. The number of anilines is 2. The van der Waals surface area contributed by atoms with Gasteiger partial charge in [0.2, 0.25) is 0 Å². The van der Waals surface area contributed by atoms with Crippen LogP contribution in [-0.2, 0) is 0 Å². The molecule has 0 bridgehead atoms. The molecule has 0 heterocycles. The van der Waals surface area contributed by atoms with E-state index in [0.717, 1.165) is 5.69 Å². The number of carbonyl (C=O) groups is 1. The molecule has 0 unspecified atom stereocenters. The average Bonchev–Trinajstić information content (AvgIpc) is 2.17. The molecule has 0 aliphatic heterocycles. The molecule has 0 radical (unpaired) electrons. The minimum absolute atomic E-state index is 0.432. The summed E-state index contributed by atoms with van der Waals surface area (Å²) >= 11 is 5.79. The molecule has 0 aromatic heterocycles. The predicted octanol–water partition coefficient (Wildman–Crippen LogP) is 1.00. The Balaban J connectivity index is 2.43. The normalized spacial score (nSPS) is 9.67. The van der Waals surface area contributed by atoms with Crippen LogP contribution in [-0.4, -0.2) is 19.1 Å². The van der Waals surface area contributed by atoms with Gasteiger partial charge in [0.15, 0.2) is 0 Å². The molecule has 5 nitrogen and oxygen atoms in total. The van der Waals surface area contributed by atoms with Crippen LogP contribution in [0.1, 0.15) is 0 Å². The average molecular weight is 229 g/mol. The number of carbonyl (C=O) groups excluding carboxylic acids is 1. The molecule has 15 heavy (non-hydrogen) atoms. The van der Waals surface area contributed by atoms with E-state index in [-0.39, 0.29) is 0 Å². The number of urea groups is 1. The number of rotatable bonds is 4. The fourth-order valence-electron chi connectivity index (χ4n) is 1.06. The Kier molecular flexibility index (Phi) is 4.05. The number of hydrogen-bond acceptors (Lipinski definition) is 3. The van der Waals surface area contributed by atoms with E-state index in [2.05, 4.69) is 10.6 Å². The summed E-state index contributed by atoms with van der Waals surface area (Å²) in [5.41, 5.74) is 12.0. The van der Waals surface area contributed by atoms with Crippen molar-refractivity contribution >= 4 is 29.0 Å². The Morgan fingerprint density at radius 2 is 2.13 bits per heavy atom. The van der Waals surface area contributed by atoms with Gasteiger partial charge in [0.1, 0.15) is 0 Å². The molecule has 0 atom stereocenters. The van der Waals surface area contributed by atoms with Gasteiger partial charge < -0.3 is 22.1 Å². The van der Waals surface area contributed by atoms with E-state index in [9.17, 15) is 4.79 Å². The largest absolute Gasteiger partial charge is 0.397 e. The number of hydrogen-bond donors (Lipinski definition) is 4. The first-order valence-electron chi connectivity index (χ1n) is 4.42. The fourth-order valence-corrected chi connectivity index (χ4v) is 1.24. The second-order valence-corrected chi connectivity index (χ2v) is 3.39. The first-order valence-corrected chi connectivity index (χ1v) is 4.79. The van der Waals surface area contributed by atoms with Gasteiger partial charge in [0.05, 0.1) is 11.4 Å². The van der Waals surface area contributed by atoms with Gasteiger partial charge in [-0.1, -0.05) is 11.6 Å². The van der Waals surface area contributed by atoms with Crippen LogP contribution in [0.3, 0.4) is 0 Å². The molecule has 0 fully saturated rings. The Hall–Kier alpha value is -1.62. The summed E-state index contributed by atoms with van der Waals surface area (Å²) in [7, 11) is 0. The summed E-state index contributed by atoms with van der Waals surface area (Å²) in [6, 6.07) is 4.60. The number of nitrogens with two attached hydrogens (primary N) is 2. The lowest BCUT2D eigenvalue weighted by Gasteiger charge is -2.09. The van der Waals surface area contributed by atoms with E-state index < -0.39 is 6.03 Å². The molecule has 82 valence electrons. The van der Waals surface area contributed by atoms with E-state index >= 15 is 0 Å². The number of amides is 2. The predicted molar refractivity (Wildman–Crippen MR) is 61.9 cm³/mol. The highest BCUT2D eigenvalue weighted by atomic mass is 35.5. The SMILES string of the molecule is NC(=O)NCCNc1cc(Cl)ccc1N. The van der Waals surface area contributed by atoms with Crippen molar-refractivity contribution in [1.82, 2.24) is 5.32 Å². The topological polar surface area (TPSA) is 93.2 Å². The van der Waals surface area contributed by atoms with Crippen molar-refractivity contribution in [3.8, 4) is 0 Å². The minimum atomic E-state index is -0.545. The highest BCUT2D eigenvalue weighted by molar-refractivity contribution is 6.31. The van der Waals surface area contributed by atoms with Crippen LogP contribution in [0.5, 0.6) is 0 Å². The number of halogens is 1. The molecule has 0 aliphatic rings. The van der Waals surface area contributed by atoms with Crippen molar-refractivity contribution in [2.45, 2.75) is 0 Å². The Bertz CT molecular complexity index is 356. The zero-order valence-corrected chi connectivity index (χ0v) is 8.84. The Labute approximate surface area is 92.8 Å². The van der Waals surface area contributed by atoms with Gasteiger partial charge in [-0.3, -0.25) is 0 Å². The zero-order valence-electron chi connectivity index (χ0n) is 8.09. The summed E-state index contributed by atoms with van der Waals surface area (Å²) in [5, 5.41) is 6.09. The number of benzene rings is 1. The number of nitrogens with one attached hydrogen (secondary N) is 2. The van der Waals surface area contributed by atoms with Crippen LogP contribution in [0.2, 0.25) is 5.02 Å². The number of primary amides is 1. The summed E-state index contributed by atoms with van der Waals surface area (Å²) < 4.78 is 0. The summed E-state index contributed by atoms with van der Waals surface area (Å²) in [6.07, 6.45) is 0. The van der Waals surface area contributed by atoms with E-state index in [1.165, 1.54) is 0 Å². The second-order valence-electron chi connectivity index (χ2n) is 2.95. The maximum absolute atomic E-state index is 10.4. The Morgan fingerprint density at radius 1 is 1.40 bits per heavy atom. The molecule has 0 saturated heterocycles. The first-order chi connectivity index (χ1) is 7.09. The lowest BCUT2D eigenvalue weighted by Crippen LogP contribution is -2.33. The molecule has 2 amide bonds. The molecule has 6 N–H and O–H groups in total. The van der Waals surface area contributed by atoms with Gasteiger partial charge >= 0.3 is 6.03 Å². The smallest absolute Gasteiger partial charge is 0.312 e. The molecule has 1 rings (SSSR count). The van der Waals surface area contributed by atoms with Crippen molar-refractivity contribution in [3.63, 3.8) is 0 Å². The van der Waals surface area contributed by atoms with Crippen LogP contribution < -0.4 is 22.1 Å². The molecule has 1 aromatic rings. The van der Waals surface area contributed by atoms with E-state index in [1.807, 2.05) is 0 Å². The van der Waals surface area contributed by atoms with Crippen LogP contribution in [0.4, 0.5) is 16.2 Å². The van der Waals surface area contributed by atoms with Crippen molar-refractivity contribution < 1.29 is 4.79 Å². The van der Waals surface area contributed by atoms with Crippen molar-refractivity contribution in [2.75, 3.05) is 24.1 Å². The van der Waals surface area contributed by atoms with Gasteiger partial charge in [-0.15, -0.1) is 0 Å². The van der Waals surface area contributed by atoms with Gasteiger partial charge in [0.25, 0.3) is 0 Å². The van der Waals surface area contributed by atoms with Crippen molar-refractivity contribution in [3.05, 3.63) is 23.2 Å². The summed E-state index contributed by atoms with van der Waals surface area (Å²) in [5.74, 6) is 0. The lowest BCUT2D eigenvalue weighted by molar-refractivity contribution is 0.249. The van der Waals surface area contributed by atoms with Crippen molar-refractivity contribution in [2.24, 2.45) is 5.73 Å². The highest BCUT2D eigenvalue weighted by Crippen LogP contribution is 2.22. The molecular formula is C9H13ClN4O. The van der Waals surface area contributed by atoms with Crippen molar-refractivity contribution in [1.29, 1.82) is 0 Å². The van der Waals surface area contributed by atoms with Crippen LogP contribution >= 0.6 is 11.6 Å². The molecular weight excluding hydrogens is 216 g/mol. The number of nitrogen functional groups attached to an aromatic ring is 1. The standard InChI is InChI=1S/C9H13ClN4O/c10-6-1-2-7(11)8(5-6)13-3-4-14-9(12)15/h1-2,5,13H,3-4,11H2,(H3,12,14,15).